The van der Waals surface area contributed by atoms with E-state index in [1.807, 2.05) is 12.1 Å². The van der Waals surface area contributed by atoms with Crippen LogP contribution in [-0.4, -0.2) is 54.4 Å². The van der Waals surface area contributed by atoms with Gasteiger partial charge in [0, 0.05) is 44.4 Å². The fraction of sp³-hybridized carbons (Fsp3) is 0.429. The highest BCUT2D eigenvalue weighted by Crippen LogP contribution is 2.31. The maximum absolute atomic E-state index is 13.7. The van der Waals surface area contributed by atoms with E-state index in [0.29, 0.717) is 63.4 Å². The Morgan fingerprint density at radius 1 is 1.18 bits per heavy atom. The van der Waals surface area contributed by atoms with Crippen molar-refractivity contribution < 1.29 is 18.7 Å². The van der Waals surface area contributed by atoms with Gasteiger partial charge in [-0.2, -0.15) is 0 Å². The van der Waals surface area contributed by atoms with Crippen molar-refractivity contribution in [3.63, 3.8) is 0 Å². The summed E-state index contributed by atoms with van der Waals surface area (Å²) in [5.74, 6) is -0.793. The van der Waals surface area contributed by atoms with Crippen LogP contribution in [0.2, 0.25) is 0 Å². The first-order valence-electron chi connectivity index (χ1n) is 9.66. The summed E-state index contributed by atoms with van der Waals surface area (Å²) in [7, 11) is 0. The summed E-state index contributed by atoms with van der Waals surface area (Å²) < 4.78 is 25.1. The Morgan fingerprint density at radius 3 is 2.68 bits per heavy atom. The molecule has 0 atom stereocenters. The van der Waals surface area contributed by atoms with E-state index in [9.17, 15) is 9.18 Å². The topological polar surface area (TPSA) is 63.7 Å². The number of likely N-dealkylation sites (tertiary alicyclic amines) is 1. The molecule has 1 aromatic heterocycles. The van der Waals surface area contributed by atoms with E-state index in [2.05, 4.69) is 10.3 Å². The third-order valence-electron chi connectivity index (χ3n) is 5.29. The number of benzene rings is 1. The van der Waals surface area contributed by atoms with Gasteiger partial charge in [-0.3, -0.25) is 9.78 Å². The predicted octanol–water partition coefficient (Wildman–Crippen LogP) is 2.85. The summed E-state index contributed by atoms with van der Waals surface area (Å²) in [4.78, 5) is 18.8. The summed E-state index contributed by atoms with van der Waals surface area (Å²) in [6, 6.07) is 10.3. The molecule has 1 amide bonds. The molecular weight excluding hydrogens is 361 g/mol. The first kappa shape index (κ1) is 18.8. The van der Waals surface area contributed by atoms with Crippen LogP contribution in [0, 0.1) is 5.82 Å². The highest BCUT2D eigenvalue weighted by atomic mass is 19.1. The summed E-state index contributed by atoms with van der Waals surface area (Å²) in [6.07, 6.45) is 3.54. The zero-order valence-corrected chi connectivity index (χ0v) is 15.7. The third kappa shape index (κ3) is 4.15. The van der Waals surface area contributed by atoms with Gasteiger partial charge in [0.2, 0.25) is 0 Å². The number of carbonyl (C=O) groups is 1. The number of aromatic nitrogens is 1. The summed E-state index contributed by atoms with van der Waals surface area (Å²) >= 11 is 0. The molecule has 0 bridgehead atoms. The van der Waals surface area contributed by atoms with Crippen molar-refractivity contribution in [3.8, 4) is 0 Å². The largest absolute Gasteiger partial charge is 0.385 e. The van der Waals surface area contributed by atoms with Gasteiger partial charge in [-0.25, -0.2) is 4.39 Å². The van der Waals surface area contributed by atoms with E-state index < -0.39 is 5.79 Å². The number of nitrogens with one attached hydrogen (secondary N) is 1. The van der Waals surface area contributed by atoms with Gasteiger partial charge in [-0.15, -0.1) is 0 Å². The van der Waals surface area contributed by atoms with E-state index in [1.54, 1.807) is 29.3 Å². The Balaban J connectivity index is 1.33. The van der Waals surface area contributed by atoms with Crippen molar-refractivity contribution in [1.29, 1.82) is 0 Å². The smallest absolute Gasteiger partial charge is 0.272 e. The van der Waals surface area contributed by atoms with Crippen LogP contribution in [0.25, 0.3) is 0 Å². The highest BCUT2D eigenvalue weighted by Gasteiger charge is 2.41. The number of hydrogen-bond donors (Lipinski definition) is 1. The van der Waals surface area contributed by atoms with E-state index >= 15 is 0 Å². The van der Waals surface area contributed by atoms with Crippen LogP contribution in [-0.2, 0) is 15.9 Å². The molecule has 2 saturated heterocycles. The predicted molar refractivity (Wildman–Crippen MR) is 103 cm³/mol. The SMILES string of the molecule is O=C(c1cc(NCCc2ccccc2F)ccn1)N1CCC2(CC1)OCCO2. The van der Waals surface area contributed by atoms with Gasteiger partial charge in [0.25, 0.3) is 5.91 Å². The average Bonchev–Trinajstić information content (AvgIpc) is 3.18. The summed E-state index contributed by atoms with van der Waals surface area (Å²) in [5.41, 5.74) is 1.87. The van der Waals surface area contributed by atoms with Crippen LogP contribution in [0.5, 0.6) is 0 Å². The second-order valence-corrected chi connectivity index (χ2v) is 7.10. The molecule has 148 valence electrons. The zero-order chi connectivity index (χ0) is 19.4. The highest BCUT2D eigenvalue weighted by molar-refractivity contribution is 5.93. The Labute approximate surface area is 163 Å². The second-order valence-electron chi connectivity index (χ2n) is 7.10. The van der Waals surface area contributed by atoms with Crippen molar-refractivity contribution in [2.75, 3.05) is 38.2 Å². The molecule has 0 radical (unpaired) electrons. The first-order chi connectivity index (χ1) is 13.7. The lowest BCUT2D eigenvalue weighted by molar-refractivity contribution is -0.181. The molecule has 0 saturated carbocycles. The molecule has 2 aliphatic heterocycles. The van der Waals surface area contributed by atoms with Crippen LogP contribution < -0.4 is 5.32 Å². The van der Waals surface area contributed by atoms with Crippen LogP contribution >= 0.6 is 0 Å². The molecule has 0 aliphatic carbocycles. The second kappa shape index (κ2) is 8.24. The molecule has 2 aliphatic rings. The maximum Gasteiger partial charge on any atom is 0.272 e. The van der Waals surface area contributed by atoms with Gasteiger partial charge in [0.1, 0.15) is 11.5 Å². The number of nitrogens with zero attached hydrogens (tertiary/aromatic N) is 2. The van der Waals surface area contributed by atoms with Crippen LogP contribution in [0.15, 0.2) is 42.6 Å². The lowest BCUT2D eigenvalue weighted by Crippen LogP contribution is -2.47. The lowest BCUT2D eigenvalue weighted by atomic mass is 10.0. The average molecular weight is 385 g/mol. The number of amides is 1. The molecule has 1 N–H and O–H groups in total. The standard InChI is InChI=1S/C21H24FN3O3/c22-18-4-2-1-3-16(18)5-9-23-17-6-10-24-19(15-17)20(26)25-11-7-21(8-12-25)27-13-14-28-21/h1-4,6,10,15H,5,7-9,11-14H2,(H,23,24). The number of halogens is 1. The number of rotatable bonds is 5. The van der Waals surface area contributed by atoms with E-state index in [4.69, 9.17) is 9.47 Å². The molecular formula is C21H24FN3O3. The number of pyridine rings is 1. The Bertz CT molecular complexity index is 829. The fourth-order valence-corrected chi connectivity index (χ4v) is 3.70. The van der Waals surface area contributed by atoms with E-state index in [-0.39, 0.29) is 11.7 Å². The minimum atomic E-state index is -0.500. The molecule has 2 aromatic rings. The number of anilines is 1. The van der Waals surface area contributed by atoms with Crippen molar-refractivity contribution in [2.45, 2.75) is 25.0 Å². The normalized spacial score (nSPS) is 18.4. The molecule has 7 heteroatoms. The Morgan fingerprint density at radius 2 is 1.93 bits per heavy atom. The van der Waals surface area contributed by atoms with E-state index in [1.165, 1.54) is 6.07 Å². The van der Waals surface area contributed by atoms with Crippen LogP contribution in [0.4, 0.5) is 10.1 Å². The lowest BCUT2D eigenvalue weighted by Gasteiger charge is -2.37. The van der Waals surface area contributed by atoms with Gasteiger partial charge < -0.3 is 19.7 Å². The molecule has 1 aromatic carbocycles. The van der Waals surface area contributed by atoms with Gasteiger partial charge >= 0.3 is 0 Å². The van der Waals surface area contributed by atoms with Crippen LogP contribution in [0.3, 0.4) is 0 Å². The Kier molecular flexibility index (Phi) is 5.54. The fourth-order valence-electron chi connectivity index (χ4n) is 3.70. The number of carbonyl (C=O) groups excluding carboxylic acids is 1. The van der Waals surface area contributed by atoms with Crippen molar-refractivity contribution in [3.05, 3.63) is 59.7 Å². The minimum Gasteiger partial charge on any atom is -0.385 e. The summed E-state index contributed by atoms with van der Waals surface area (Å²) in [5, 5.41) is 3.24. The maximum atomic E-state index is 13.7. The number of piperidine rings is 1. The summed E-state index contributed by atoms with van der Waals surface area (Å²) in [6.45, 7) is 2.99. The first-order valence-corrected chi connectivity index (χ1v) is 9.66. The molecule has 3 heterocycles. The van der Waals surface area contributed by atoms with Crippen molar-refractivity contribution >= 4 is 11.6 Å². The number of ether oxygens (including phenoxy) is 2. The molecule has 6 nitrogen and oxygen atoms in total. The van der Waals surface area contributed by atoms with Gasteiger partial charge in [-0.05, 0) is 30.2 Å². The van der Waals surface area contributed by atoms with Crippen molar-refractivity contribution in [2.24, 2.45) is 0 Å². The molecule has 4 rings (SSSR count). The monoisotopic (exact) mass is 385 g/mol. The van der Waals surface area contributed by atoms with Gasteiger partial charge in [-0.1, -0.05) is 18.2 Å². The molecule has 2 fully saturated rings. The molecule has 0 unspecified atom stereocenters. The van der Waals surface area contributed by atoms with Gasteiger partial charge in [0.05, 0.1) is 13.2 Å². The van der Waals surface area contributed by atoms with Gasteiger partial charge in [0.15, 0.2) is 5.79 Å². The quantitative estimate of drug-likeness (QED) is 0.858. The minimum absolute atomic E-state index is 0.0920. The zero-order valence-electron chi connectivity index (χ0n) is 15.7. The van der Waals surface area contributed by atoms with Crippen molar-refractivity contribution in [1.82, 2.24) is 9.88 Å². The Hall–Kier alpha value is -2.51. The third-order valence-corrected chi connectivity index (χ3v) is 5.29. The van der Waals surface area contributed by atoms with E-state index in [0.717, 1.165) is 5.69 Å². The number of hydrogen-bond acceptors (Lipinski definition) is 5. The molecule has 28 heavy (non-hydrogen) atoms. The molecule has 1 spiro atoms. The van der Waals surface area contributed by atoms with Crippen LogP contribution in [0.1, 0.15) is 28.9 Å².